The van der Waals surface area contributed by atoms with Crippen molar-refractivity contribution >= 4 is 24.0 Å². The molecule has 1 fully saturated rings. The molecule has 98 valence electrons. The lowest BCUT2D eigenvalue weighted by molar-refractivity contribution is -0.150. The zero-order valence-corrected chi connectivity index (χ0v) is 11.0. The van der Waals surface area contributed by atoms with Crippen molar-refractivity contribution in [3.8, 4) is 0 Å². The fourth-order valence-corrected chi connectivity index (χ4v) is 1.53. The second-order valence-electron chi connectivity index (χ2n) is 4.50. The summed E-state index contributed by atoms with van der Waals surface area (Å²) in [5, 5.41) is 1.37. The van der Waals surface area contributed by atoms with E-state index >= 15 is 0 Å². The van der Waals surface area contributed by atoms with Gasteiger partial charge in [0.05, 0.1) is 4.87 Å². The lowest BCUT2D eigenvalue weighted by atomic mass is 10.1. The van der Waals surface area contributed by atoms with Crippen molar-refractivity contribution in [1.82, 2.24) is 10.4 Å². The first kappa shape index (κ1) is 14.3. The molecule has 0 saturated carbocycles. The maximum absolute atomic E-state index is 11.7. The van der Waals surface area contributed by atoms with E-state index < -0.39 is 10.9 Å². The average Bonchev–Trinajstić information content (AvgIpc) is 2.36. The molecule has 6 heteroatoms. The molecule has 0 aromatic heterocycles. The van der Waals surface area contributed by atoms with Gasteiger partial charge in [0.15, 0.2) is 0 Å². The summed E-state index contributed by atoms with van der Waals surface area (Å²) < 4.78 is 5.15. The Morgan fingerprint density at radius 1 is 1.71 bits per heavy atom. The van der Waals surface area contributed by atoms with Gasteiger partial charge in [0.1, 0.15) is 12.6 Å². The van der Waals surface area contributed by atoms with Gasteiger partial charge >= 0.3 is 5.97 Å². The van der Waals surface area contributed by atoms with E-state index in [1.165, 1.54) is 5.01 Å². The lowest BCUT2D eigenvalue weighted by Crippen LogP contribution is -2.52. The van der Waals surface area contributed by atoms with Gasteiger partial charge in [-0.1, -0.05) is 6.92 Å². The Morgan fingerprint density at radius 3 is 3.00 bits per heavy atom. The third kappa shape index (κ3) is 4.52. The lowest BCUT2D eigenvalue weighted by Gasteiger charge is -2.30. The number of hydrogen-bond donors (Lipinski definition) is 1. The molecule has 1 N–H and O–H groups in total. The van der Waals surface area contributed by atoms with Crippen molar-refractivity contribution in [1.29, 1.82) is 0 Å². The summed E-state index contributed by atoms with van der Waals surface area (Å²) in [6, 6.07) is -0.446. The summed E-state index contributed by atoms with van der Waals surface area (Å²) in [5.74, 6) is -0.350. The first-order chi connectivity index (χ1) is 7.98. The third-order valence-electron chi connectivity index (χ3n) is 2.88. The smallest absolute Gasteiger partial charge is 0.325 e. The molecule has 0 radical (unpaired) electrons. The highest BCUT2D eigenvalue weighted by Gasteiger charge is 2.28. The maximum Gasteiger partial charge on any atom is 0.325 e. The van der Waals surface area contributed by atoms with Crippen LogP contribution in [0.15, 0.2) is 0 Å². The van der Waals surface area contributed by atoms with Crippen molar-refractivity contribution < 1.29 is 14.3 Å². The molecule has 2 unspecified atom stereocenters. The highest BCUT2D eigenvalue weighted by Crippen LogP contribution is 2.19. The maximum atomic E-state index is 11.7. The van der Waals surface area contributed by atoms with Crippen LogP contribution in [0.2, 0.25) is 0 Å². The second-order valence-corrected chi connectivity index (χ2v) is 5.41. The molecule has 1 rings (SSSR count). The summed E-state index contributed by atoms with van der Waals surface area (Å²) in [6.45, 7) is 4.57. The Balaban J connectivity index is 2.39. The molecule has 1 aliphatic heterocycles. The Morgan fingerprint density at radius 2 is 2.41 bits per heavy atom. The number of amides is 1. The monoisotopic (exact) mass is 262 g/mol. The molecule has 0 aromatic carbocycles. The van der Waals surface area contributed by atoms with Gasteiger partial charge in [-0.15, -0.1) is 11.6 Å². The molecule has 1 heterocycles. The van der Waals surface area contributed by atoms with Crippen LogP contribution in [0.1, 0.15) is 33.1 Å². The van der Waals surface area contributed by atoms with Gasteiger partial charge in [-0.3, -0.25) is 14.6 Å². The number of esters is 1. The van der Waals surface area contributed by atoms with Gasteiger partial charge in [-0.05, 0) is 26.2 Å². The van der Waals surface area contributed by atoms with E-state index in [1.54, 1.807) is 0 Å². The topological polar surface area (TPSA) is 58.6 Å². The summed E-state index contributed by atoms with van der Waals surface area (Å²) in [5.41, 5.74) is 2.80. The molecule has 1 aliphatic rings. The van der Waals surface area contributed by atoms with Crippen LogP contribution >= 0.6 is 11.6 Å². The minimum Gasteiger partial charge on any atom is -0.463 e. The third-order valence-corrected chi connectivity index (χ3v) is 3.25. The SMILES string of the molecule is CCC(C)(Cl)COC(=O)C1CCCN(C=O)N1. The molecular formula is C11H19ClN2O3. The standard InChI is InChI=1S/C11H19ClN2O3/c1-3-11(2,12)7-17-10(16)9-5-4-6-14(8-15)13-9/h8-9,13H,3-7H2,1-2H3. The largest absolute Gasteiger partial charge is 0.463 e. The van der Waals surface area contributed by atoms with E-state index in [9.17, 15) is 9.59 Å². The van der Waals surface area contributed by atoms with Crippen molar-refractivity contribution in [2.45, 2.75) is 44.0 Å². The predicted octanol–water partition coefficient (Wildman–Crippen LogP) is 1.06. The molecular weight excluding hydrogens is 244 g/mol. The van der Waals surface area contributed by atoms with Gasteiger partial charge in [0.25, 0.3) is 0 Å². The first-order valence-electron chi connectivity index (χ1n) is 5.82. The van der Waals surface area contributed by atoms with Crippen molar-refractivity contribution in [3.05, 3.63) is 0 Å². The predicted molar refractivity (Wildman–Crippen MR) is 64.4 cm³/mol. The Labute approximate surface area is 106 Å². The molecule has 0 aromatic rings. The molecule has 1 amide bonds. The molecule has 0 bridgehead atoms. The highest BCUT2D eigenvalue weighted by molar-refractivity contribution is 6.23. The van der Waals surface area contributed by atoms with Crippen LogP contribution in [0, 0.1) is 0 Å². The van der Waals surface area contributed by atoms with Gasteiger partial charge in [-0.2, -0.15) is 0 Å². The minimum absolute atomic E-state index is 0.184. The first-order valence-corrected chi connectivity index (χ1v) is 6.20. The fourth-order valence-electron chi connectivity index (χ4n) is 1.47. The zero-order valence-electron chi connectivity index (χ0n) is 10.2. The van der Waals surface area contributed by atoms with Gasteiger partial charge in [0, 0.05) is 6.54 Å². The van der Waals surface area contributed by atoms with Crippen LogP contribution in [-0.2, 0) is 14.3 Å². The molecule has 17 heavy (non-hydrogen) atoms. The quantitative estimate of drug-likeness (QED) is 0.457. The summed E-state index contributed by atoms with van der Waals surface area (Å²) in [6.07, 6.45) is 2.86. The minimum atomic E-state index is -0.519. The summed E-state index contributed by atoms with van der Waals surface area (Å²) in [7, 11) is 0. The van der Waals surface area contributed by atoms with E-state index in [0.717, 1.165) is 12.8 Å². The number of hydrazine groups is 1. The van der Waals surface area contributed by atoms with E-state index in [1.807, 2.05) is 13.8 Å². The number of hydrogen-bond acceptors (Lipinski definition) is 4. The fraction of sp³-hybridized carbons (Fsp3) is 0.818. The van der Waals surface area contributed by atoms with Crippen LogP contribution in [0.3, 0.4) is 0 Å². The molecule has 1 saturated heterocycles. The van der Waals surface area contributed by atoms with Gasteiger partial charge in [0.2, 0.25) is 6.41 Å². The van der Waals surface area contributed by atoms with Crippen molar-refractivity contribution in [2.24, 2.45) is 0 Å². The number of nitrogens with one attached hydrogen (secondary N) is 1. The Hall–Kier alpha value is -0.810. The van der Waals surface area contributed by atoms with E-state index in [2.05, 4.69) is 5.43 Å². The van der Waals surface area contributed by atoms with Crippen LogP contribution < -0.4 is 5.43 Å². The normalized spacial score (nSPS) is 23.9. The van der Waals surface area contributed by atoms with Crippen LogP contribution in [0.5, 0.6) is 0 Å². The Bertz CT molecular complexity index is 284. The zero-order chi connectivity index (χ0) is 12.9. The van der Waals surface area contributed by atoms with E-state index in [-0.39, 0.29) is 12.6 Å². The molecule has 2 atom stereocenters. The summed E-state index contributed by atoms with van der Waals surface area (Å²) >= 11 is 6.10. The molecule has 0 spiro atoms. The molecule has 0 aliphatic carbocycles. The van der Waals surface area contributed by atoms with Crippen LogP contribution in [0.4, 0.5) is 0 Å². The molecule has 5 nitrogen and oxygen atoms in total. The van der Waals surface area contributed by atoms with E-state index in [4.69, 9.17) is 16.3 Å². The number of rotatable bonds is 5. The van der Waals surface area contributed by atoms with Crippen molar-refractivity contribution in [3.63, 3.8) is 0 Å². The number of alkyl halides is 1. The number of nitrogens with zero attached hydrogens (tertiary/aromatic N) is 1. The van der Waals surface area contributed by atoms with Crippen molar-refractivity contribution in [2.75, 3.05) is 13.2 Å². The van der Waals surface area contributed by atoms with Gasteiger partial charge < -0.3 is 4.74 Å². The summed E-state index contributed by atoms with van der Waals surface area (Å²) in [4.78, 5) is 21.8. The number of carbonyl (C=O) groups excluding carboxylic acids is 2. The highest BCUT2D eigenvalue weighted by atomic mass is 35.5. The number of carbonyl (C=O) groups is 2. The number of halogens is 1. The van der Waals surface area contributed by atoms with Crippen LogP contribution in [0.25, 0.3) is 0 Å². The number of ether oxygens (including phenoxy) is 1. The van der Waals surface area contributed by atoms with E-state index in [0.29, 0.717) is 19.4 Å². The average molecular weight is 263 g/mol. The Kier molecular flexibility index (Phi) is 5.21. The van der Waals surface area contributed by atoms with Gasteiger partial charge in [-0.25, -0.2) is 5.43 Å². The van der Waals surface area contributed by atoms with Crippen LogP contribution in [-0.4, -0.2) is 41.5 Å². The second kappa shape index (κ2) is 6.21.